The molecular weight excluding hydrogens is 192 g/mol. The first-order valence-corrected chi connectivity index (χ1v) is 5.69. The minimum Gasteiger partial charge on any atom is -0.444 e. The monoisotopic (exact) mass is 215 g/mol. The van der Waals surface area contributed by atoms with E-state index in [-0.39, 0.29) is 6.09 Å². The molecule has 0 aromatic heterocycles. The normalized spacial score (nSPS) is 22.7. The average molecular weight is 215 g/mol. The minimum atomic E-state index is -0.394. The van der Waals surface area contributed by atoms with Crippen LogP contribution in [-0.2, 0) is 4.74 Å². The lowest BCUT2D eigenvalue weighted by atomic mass is 9.99. The number of ether oxygens (including phenoxy) is 1. The van der Waals surface area contributed by atoms with Crippen molar-refractivity contribution < 1.29 is 15.3 Å². The van der Waals surface area contributed by atoms with Crippen LogP contribution in [0.4, 0.5) is 4.79 Å². The van der Waals surface area contributed by atoms with Gasteiger partial charge in [-0.3, -0.25) is 0 Å². The first-order valence-electron chi connectivity index (χ1n) is 5.69. The van der Waals surface area contributed by atoms with Crippen LogP contribution in [-0.4, -0.2) is 36.2 Å². The van der Waals surface area contributed by atoms with E-state index in [1.165, 1.54) is 6.42 Å². The van der Waals surface area contributed by atoms with Crippen LogP contribution >= 0.6 is 0 Å². The number of quaternary nitrogens is 1. The predicted octanol–water partition coefficient (Wildman–Crippen LogP) is 0.875. The molecule has 1 saturated heterocycles. The Morgan fingerprint density at radius 1 is 1.53 bits per heavy atom. The van der Waals surface area contributed by atoms with Gasteiger partial charge >= 0.3 is 6.09 Å². The number of hydrogen-bond acceptors (Lipinski definition) is 2. The molecule has 4 heteroatoms. The summed E-state index contributed by atoms with van der Waals surface area (Å²) in [6.07, 6.45) is 2.07. The van der Waals surface area contributed by atoms with Crippen LogP contribution in [0.15, 0.2) is 0 Å². The second-order valence-electron chi connectivity index (χ2n) is 5.22. The maximum Gasteiger partial charge on any atom is 0.410 e. The lowest BCUT2D eigenvalue weighted by Gasteiger charge is -2.32. The Bertz CT molecular complexity index is 223. The second kappa shape index (κ2) is 4.84. The van der Waals surface area contributed by atoms with Crippen LogP contribution in [0.2, 0.25) is 0 Å². The highest BCUT2D eigenvalue weighted by atomic mass is 16.6. The summed E-state index contributed by atoms with van der Waals surface area (Å²) in [4.78, 5) is 13.6. The summed E-state index contributed by atoms with van der Waals surface area (Å²) in [5.41, 5.74) is 3.50. The molecule has 0 spiro atoms. The van der Waals surface area contributed by atoms with Crippen LogP contribution < -0.4 is 5.73 Å². The van der Waals surface area contributed by atoms with Crippen LogP contribution in [0, 0.1) is 5.92 Å². The number of carbonyl (C=O) groups is 1. The van der Waals surface area contributed by atoms with Crippen molar-refractivity contribution in [3.8, 4) is 0 Å². The Hall–Kier alpha value is -0.770. The highest BCUT2D eigenvalue weighted by Gasteiger charge is 2.27. The molecule has 1 fully saturated rings. The standard InChI is InChI=1S/C11H22N2O2/c1-11(2,3)15-10(14)13-6-4-5-9(7-12)8-13/h9H,4-8,12H2,1-3H3/p+1/t9-/m0/s1. The van der Waals surface area contributed by atoms with Gasteiger partial charge in [0.15, 0.2) is 0 Å². The van der Waals surface area contributed by atoms with Crippen molar-refractivity contribution in [3.63, 3.8) is 0 Å². The molecule has 0 saturated carbocycles. The van der Waals surface area contributed by atoms with Crippen LogP contribution in [0.25, 0.3) is 0 Å². The van der Waals surface area contributed by atoms with Gasteiger partial charge in [0.2, 0.25) is 0 Å². The van der Waals surface area contributed by atoms with E-state index in [0.717, 1.165) is 26.1 Å². The number of likely N-dealkylation sites (tertiary alicyclic amines) is 1. The lowest BCUT2D eigenvalue weighted by molar-refractivity contribution is -0.380. The molecule has 15 heavy (non-hydrogen) atoms. The molecule has 1 rings (SSSR count). The Morgan fingerprint density at radius 3 is 2.73 bits per heavy atom. The molecule has 4 nitrogen and oxygen atoms in total. The van der Waals surface area contributed by atoms with Crippen LogP contribution in [0.3, 0.4) is 0 Å². The molecule has 3 N–H and O–H groups in total. The average Bonchev–Trinajstić information content (AvgIpc) is 2.15. The van der Waals surface area contributed by atoms with Crippen molar-refractivity contribution >= 4 is 6.09 Å². The van der Waals surface area contributed by atoms with Crippen molar-refractivity contribution in [1.82, 2.24) is 4.90 Å². The lowest BCUT2D eigenvalue weighted by Crippen LogP contribution is -2.57. The molecular formula is C11H23N2O2+. The van der Waals surface area contributed by atoms with Crippen LogP contribution in [0.1, 0.15) is 33.6 Å². The molecule has 0 bridgehead atoms. The number of rotatable bonds is 1. The van der Waals surface area contributed by atoms with Gasteiger partial charge in [-0.1, -0.05) is 0 Å². The summed E-state index contributed by atoms with van der Waals surface area (Å²) in [6.45, 7) is 8.22. The predicted molar refractivity (Wildman–Crippen MR) is 58.3 cm³/mol. The van der Waals surface area contributed by atoms with Crippen LogP contribution in [0.5, 0.6) is 0 Å². The highest BCUT2D eigenvalue weighted by molar-refractivity contribution is 5.68. The van der Waals surface area contributed by atoms with E-state index in [1.807, 2.05) is 25.7 Å². The summed E-state index contributed by atoms with van der Waals surface area (Å²) >= 11 is 0. The third-order valence-electron chi connectivity index (χ3n) is 2.58. The van der Waals surface area contributed by atoms with Gasteiger partial charge < -0.3 is 15.4 Å². The summed E-state index contributed by atoms with van der Waals surface area (Å²) in [7, 11) is 0. The molecule has 1 atom stereocenters. The summed E-state index contributed by atoms with van der Waals surface area (Å²) in [5, 5.41) is 0. The zero-order valence-electron chi connectivity index (χ0n) is 10.1. The van der Waals surface area contributed by atoms with Gasteiger partial charge in [0.05, 0.1) is 6.54 Å². The number of amides is 1. The van der Waals surface area contributed by atoms with Gasteiger partial charge in [0.25, 0.3) is 0 Å². The third kappa shape index (κ3) is 4.08. The Balaban J connectivity index is 2.45. The molecule has 88 valence electrons. The molecule has 0 radical (unpaired) electrons. The second-order valence-corrected chi connectivity index (χ2v) is 5.22. The van der Waals surface area contributed by atoms with E-state index in [1.54, 1.807) is 0 Å². The quantitative estimate of drug-likeness (QED) is 0.705. The Labute approximate surface area is 91.8 Å². The maximum absolute atomic E-state index is 11.8. The Kier molecular flexibility index (Phi) is 3.97. The zero-order chi connectivity index (χ0) is 11.5. The molecule has 0 unspecified atom stereocenters. The molecule has 0 aromatic rings. The highest BCUT2D eigenvalue weighted by Crippen LogP contribution is 2.17. The summed E-state index contributed by atoms with van der Waals surface area (Å²) in [5.74, 6) is 0.547. The summed E-state index contributed by atoms with van der Waals surface area (Å²) < 4.78 is 5.34. The van der Waals surface area contributed by atoms with Crippen molar-refractivity contribution in [3.05, 3.63) is 0 Å². The topological polar surface area (TPSA) is 57.2 Å². The van der Waals surface area contributed by atoms with Gasteiger partial charge in [-0.15, -0.1) is 0 Å². The Morgan fingerprint density at radius 2 is 2.20 bits per heavy atom. The van der Waals surface area contributed by atoms with E-state index < -0.39 is 5.60 Å². The molecule has 0 aliphatic carbocycles. The zero-order valence-corrected chi connectivity index (χ0v) is 10.1. The first kappa shape index (κ1) is 12.3. The van der Waals surface area contributed by atoms with Gasteiger partial charge in [-0.25, -0.2) is 4.79 Å². The smallest absolute Gasteiger partial charge is 0.410 e. The van der Waals surface area contributed by atoms with Crippen molar-refractivity contribution in [2.24, 2.45) is 5.92 Å². The molecule has 1 aliphatic heterocycles. The fourth-order valence-electron chi connectivity index (χ4n) is 1.79. The van der Waals surface area contributed by atoms with E-state index >= 15 is 0 Å². The van der Waals surface area contributed by atoms with Gasteiger partial charge in [-0.05, 0) is 33.6 Å². The van der Waals surface area contributed by atoms with E-state index in [2.05, 4.69) is 5.73 Å². The van der Waals surface area contributed by atoms with E-state index in [9.17, 15) is 4.79 Å². The third-order valence-corrected chi connectivity index (χ3v) is 2.58. The van der Waals surface area contributed by atoms with Gasteiger partial charge in [-0.2, -0.15) is 0 Å². The van der Waals surface area contributed by atoms with Crippen molar-refractivity contribution in [1.29, 1.82) is 0 Å². The van der Waals surface area contributed by atoms with E-state index in [4.69, 9.17) is 4.74 Å². The van der Waals surface area contributed by atoms with Crippen molar-refractivity contribution in [2.75, 3.05) is 19.6 Å². The molecule has 1 aliphatic rings. The molecule has 1 heterocycles. The minimum absolute atomic E-state index is 0.180. The number of hydrogen-bond donors (Lipinski definition) is 1. The van der Waals surface area contributed by atoms with Gasteiger partial charge in [0.1, 0.15) is 5.60 Å². The van der Waals surface area contributed by atoms with Crippen molar-refractivity contribution in [2.45, 2.75) is 39.2 Å². The number of piperidine rings is 1. The fourth-order valence-corrected chi connectivity index (χ4v) is 1.79. The molecule has 0 aromatic carbocycles. The number of nitrogens with zero attached hydrogens (tertiary/aromatic N) is 1. The molecule has 1 amide bonds. The fraction of sp³-hybridized carbons (Fsp3) is 0.909. The maximum atomic E-state index is 11.8. The van der Waals surface area contributed by atoms with E-state index in [0.29, 0.717) is 5.92 Å². The largest absolute Gasteiger partial charge is 0.444 e. The summed E-state index contributed by atoms with van der Waals surface area (Å²) in [6, 6.07) is 0. The SMILES string of the molecule is CC(C)(C)OC(=O)N1CCC[C@@H](C[NH3+])C1. The van der Waals surface area contributed by atoms with Gasteiger partial charge in [0, 0.05) is 19.0 Å². The number of carbonyl (C=O) groups excluding carboxylic acids is 1. The first-order chi connectivity index (χ1) is 6.92.